The number of benzene rings is 1. The van der Waals surface area contributed by atoms with Crippen molar-refractivity contribution >= 4 is 5.91 Å². The Kier molecular flexibility index (Phi) is 3.85. The summed E-state index contributed by atoms with van der Waals surface area (Å²) in [5, 5.41) is 4.19. The van der Waals surface area contributed by atoms with E-state index >= 15 is 0 Å². The lowest BCUT2D eigenvalue weighted by molar-refractivity contribution is 0.0821. The van der Waals surface area contributed by atoms with E-state index in [-0.39, 0.29) is 11.7 Å². The zero-order valence-corrected chi connectivity index (χ0v) is 11.7. The van der Waals surface area contributed by atoms with Crippen LogP contribution in [-0.4, -0.2) is 34.7 Å². The van der Waals surface area contributed by atoms with Crippen molar-refractivity contribution in [3.05, 3.63) is 47.5 Å². The summed E-state index contributed by atoms with van der Waals surface area (Å²) in [7, 11) is 3.30. The van der Waals surface area contributed by atoms with Gasteiger partial charge in [0.1, 0.15) is 5.82 Å². The Morgan fingerprint density at radius 1 is 1.40 bits per heavy atom. The molecule has 6 heteroatoms. The molecule has 0 fully saturated rings. The van der Waals surface area contributed by atoms with Crippen molar-refractivity contribution in [2.45, 2.75) is 13.0 Å². The average molecular weight is 276 g/mol. The highest BCUT2D eigenvalue weighted by molar-refractivity contribution is 5.91. The van der Waals surface area contributed by atoms with Gasteiger partial charge in [-0.05, 0) is 25.1 Å². The second kappa shape index (κ2) is 5.42. The van der Waals surface area contributed by atoms with Gasteiger partial charge in [0.15, 0.2) is 5.69 Å². The summed E-state index contributed by atoms with van der Waals surface area (Å²) < 4.78 is 15.4. The van der Waals surface area contributed by atoms with Crippen LogP contribution >= 0.6 is 0 Å². The smallest absolute Gasteiger partial charge is 0.273 e. The molecule has 0 aliphatic heterocycles. The van der Waals surface area contributed by atoms with E-state index < -0.39 is 6.04 Å². The first-order valence-electron chi connectivity index (χ1n) is 6.23. The molecule has 0 saturated heterocycles. The SMILES string of the molecule is CC(N)c1c(F)cccc1-n1ccc(C(=O)N(C)C)n1. The van der Waals surface area contributed by atoms with E-state index in [1.165, 1.54) is 15.6 Å². The van der Waals surface area contributed by atoms with E-state index in [4.69, 9.17) is 5.73 Å². The highest BCUT2D eigenvalue weighted by atomic mass is 19.1. The van der Waals surface area contributed by atoms with Gasteiger partial charge in [0, 0.05) is 31.9 Å². The molecule has 1 unspecified atom stereocenters. The fourth-order valence-electron chi connectivity index (χ4n) is 1.98. The largest absolute Gasteiger partial charge is 0.343 e. The molecule has 1 amide bonds. The monoisotopic (exact) mass is 276 g/mol. The fourth-order valence-corrected chi connectivity index (χ4v) is 1.98. The van der Waals surface area contributed by atoms with Crippen LogP contribution in [0, 0.1) is 5.82 Å². The number of halogens is 1. The molecule has 20 heavy (non-hydrogen) atoms. The van der Waals surface area contributed by atoms with Crippen LogP contribution in [0.5, 0.6) is 0 Å². The molecule has 2 rings (SSSR count). The third kappa shape index (κ3) is 2.55. The summed E-state index contributed by atoms with van der Waals surface area (Å²) in [6, 6.07) is 5.79. The van der Waals surface area contributed by atoms with Gasteiger partial charge in [0.2, 0.25) is 0 Å². The minimum atomic E-state index is -0.469. The molecular formula is C14H17FN4O. The van der Waals surface area contributed by atoms with E-state index in [9.17, 15) is 9.18 Å². The van der Waals surface area contributed by atoms with E-state index in [0.717, 1.165) is 0 Å². The van der Waals surface area contributed by atoms with Gasteiger partial charge in [0.05, 0.1) is 5.69 Å². The molecule has 2 aromatic rings. The first kappa shape index (κ1) is 14.2. The van der Waals surface area contributed by atoms with Crippen LogP contribution in [0.25, 0.3) is 5.69 Å². The highest BCUT2D eigenvalue weighted by Gasteiger charge is 2.17. The summed E-state index contributed by atoms with van der Waals surface area (Å²) in [5.74, 6) is -0.587. The Morgan fingerprint density at radius 3 is 2.70 bits per heavy atom. The maximum Gasteiger partial charge on any atom is 0.273 e. The second-order valence-electron chi connectivity index (χ2n) is 4.81. The maximum atomic E-state index is 13.9. The first-order valence-corrected chi connectivity index (χ1v) is 6.23. The molecule has 5 nitrogen and oxygen atoms in total. The van der Waals surface area contributed by atoms with Crippen molar-refractivity contribution in [1.29, 1.82) is 0 Å². The summed E-state index contributed by atoms with van der Waals surface area (Å²) in [5.41, 5.74) is 7.03. The van der Waals surface area contributed by atoms with Crippen LogP contribution in [-0.2, 0) is 0 Å². The number of amides is 1. The number of hydrogen-bond acceptors (Lipinski definition) is 3. The number of nitrogens with zero attached hydrogens (tertiary/aromatic N) is 3. The molecule has 1 atom stereocenters. The number of nitrogens with two attached hydrogens (primary N) is 1. The van der Waals surface area contributed by atoms with E-state index in [1.807, 2.05) is 0 Å². The third-order valence-electron chi connectivity index (χ3n) is 2.95. The summed E-state index contributed by atoms with van der Waals surface area (Å²) in [6.07, 6.45) is 1.62. The molecule has 2 N–H and O–H groups in total. The van der Waals surface area contributed by atoms with Gasteiger partial charge in [-0.2, -0.15) is 5.10 Å². The molecular weight excluding hydrogens is 259 g/mol. The number of aromatic nitrogens is 2. The molecule has 1 heterocycles. The first-order chi connectivity index (χ1) is 9.41. The van der Waals surface area contributed by atoms with Gasteiger partial charge in [-0.1, -0.05) is 6.07 Å². The van der Waals surface area contributed by atoms with Gasteiger partial charge in [-0.15, -0.1) is 0 Å². The third-order valence-corrected chi connectivity index (χ3v) is 2.95. The lowest BCUT2D eigenvalue weighted by Crippen LogP contribution is -2.22. The normalized spacial score (nSPS) is 12.2. The quantitative estimate of drug-likeness (QED) is 0.928. The van der Waals surface area contributed by atoms with Gasteiger partial charge in [-0.3, -0.25) is 4.79 Å². The zero-order chi connectivity index (χ0) is 14.9. The lowest BCUT2D eigenvalue weighted by Gasteiger charge is -2.13. The van der Waals surface area contributed by atoms with Crippen LogP contribution in [0.4, 0.5) is 4.39 Å². The molecule has 0 aliphatic carbocycles. The molecule has 0 spiro atoms. The van der Waals surface area contributed by atoms with Crippen LogP contribution in [0.3, 0.4) is 0 Å². The Balaban J connectivity index is 2.48. The van der Waals surface area contributed by atoms with Crippen LogP contribution in [0.1, 0.15) is 29.0 Å². The molecule has 0 bridgehead atoms. The minimum absolute atomic E-state index is 0.206. The van der Waals surface area contributed by atoms with Crippen molar-refractivity contribution < 1.29 is 9.18 Å². The van der Waals surface area contributed by atoms with Gasteiger partial charge < -0.3 is 10.6 Å². The minimum Gasteiger partial charge on any atom is -0.343 e. The Bertz CT molecular complexity index is 634. The lowest BCUT2D eigenvalue weighted by atomic mass is 10.1. The predicted molar refractivity (Wildman–Crippen MR) is 74.1 cm³/mol. The highest BCUT2D eigenvalue weighted by Crippen LogP contribution is 2.23. The van der Waals surface area contributed by atoms with Crippen LogP contribution < -0.4 is 5.73 Å². The molecule has 1 aromatic heterocycles. The maximum absolute atomic E-state index is 13.9. The fraction of sp³-hybridized carbons (Fsp3) is 0.286. The summed E-state index contributed by atoms with van der Waals surface area (Å²) in [6.45, 7) is 1.71. The van der Waals surface area contributed by atoms with E-state index in [2.05, 4.69) is 5.10 Å². The second-order valence-corrected chi connectivity index (χ2v) is 4.81. The molecule has 0 saturated carbocycles. The Labute approximate surface area is 116 Å². The summed E-state index contributed by atoms with van der Waals surface area (Å²) >= 11 is 0. The number of carbonyl (C=O) groups is 1. The topological polar surface area (TPSA) is 64.2 Å². The number of hydrogen-bond donors (Lipinski definition) is 1. The van der Waals surface area contributed by atoms with Crippen molar-refractivity contribution in [1.82, 2.24) is 14.7 Å². The van der Waals surface area contributed by atoms with E-state index in [1.54, 1.807) is 45.4 Å². The molecule has 0 aliphatic rings. The van der Waals surface area contributed by atoms with Gasteiger partial charge in [-0.25, -0.2) is 9.07 Å². The standard InChI is InChI=1S/C14H17FN4O/c1-9(16)13-10(15)5-4-6-12(13)19-8-7-11(17-19)14(20)18(2)3/h4-9H,16H2,1-3H3. The molecule has 106 valence electrons. The van der Waals surface area contributed by atoms with Crippen LogP contribution in [0.15, 0.2) is 30.5 Å². The zero-order valence-electron chi connectivity index (χ0n) is 11.7. The van der Waals surface area contributed by atoms with Crippen LogP contribution in [0.2, 0.25) is 0 Å². The molecule has 1 aromatic carbocycles. The van der Waals surface area contributed by atoms with Crippen molar-refractivity contribution in [2.75, 3.05) is 14.1 Å². The van der Waals surface area contributed by atoms with Crippen molar-refractivity contribution in [2.24, 2.45) is 5.73 Å². The Hall–Kier alpha value is -2.21. The number of rotatable bonds is 3. The average Bonchev–Trinajstić information content (AvgIpc) is 2.86. The van der Waals surface area contributed by atoms with Crippen molar-refractivity contribution in [3.8, 4) is 5.69 Å². The van der Waals surface area contributed by atoms with Gasteiger partial charge >= 0.3 is 0 Å². The van der Waals surface area contributed by atoms with Crippen molar-refractivity contribution in [3.63, 3.8) is 0 Å². The Morgan fingerprint density at radius 2 is 2.10 bits per heavy atom. The number of carbonyl (C=O) groups excluding carboxylic acids is 1. The van der Waals surface area contributed by atoms with E-state index in [0.29, 0.717) is 16.9 Å². The van der Waals surface area contributed by atoms with Gasteiger partial charge in [0.25, 0.3) is 5.91 Å². The predicted octanol–water partition coefficient (Wildman–Crippen LogP) is 1.73. The molecule has 0 radical (unpaired) electrons. The summed E-state index contributed by atoms with van der Waals surface area (Å²) in [4.78, 5) is 13.3.